The molecule has 0 saturated carbocycles. The molecule has 1 aromatic heterocycles. The van der Waals surface area contributed by atoms with E-state index in [4.69, 9.17) is 14.6 Å². The minimum atomic E-state index is -0.905. The number of nitriles is 1. The molecular weight excluding hydrogens is 434 g/mol. The average Bonchev–Trinajstić information content (AvgIpc) is 3.17. The van der Waals surface area contributed by atoms with Crippen molar-refractivity contribution in [3.8, 4) is 11.8 Å². The molecule has 9 nitrogen and oxygen atoms in total. The zero-order valence-electron chi connectivity index (χ0n) is 21.0. The Morgan fingerprint density at radius 2 is 1.91 bits per heavy atom. The van der Waals surface area contributed by atoms with Gasteiger partial charge in [0.2, 0.25) is 0 Å². The number of aromatic nitrogens is 2. The number of ether oxygens (including phenoxy) is 2. The smallest absolute Gasteiger partial charge is 0.411 e. The van der Waals surface area contributed by atoms with E-state index in [1.165, 1.54) is 17.6 Å². The van der Waals surface area contributed by atoms with Gasteiger partial charge >= 0.3 is 12.1 Å². The first kappa shape index (κ1) is 25.1. The minimum Gasteiger partial charge on any atom is -0.468 e. The molecule has 1 atom stereocenters. The van der Waals surface area contributed by atoms with Crippen LogP contribution in [0.2, 0.25) is 0 Å². The van der Waals surface area contributed by atoms with Gasteiger partial charge in [-0.15, -0.1) is 5.10 Å². The van der Waals surface area contributed by atoms with Crippen molar-refractivity contribution in [2.45, 2.75) is 58.6 Å². The van der Waals surface area contributed by atoms with E-state index >= 15 is 0 Å². The first-order chi connectivity index (χ1) is 16.0. The van der Waals surface area contributed by atoms with E-state index in [0.717, 1.165) is 11.4 Å². The van der Waals surface area contributed by atoms with Crippen molar-refractivity contribution in [1.29, 1.82) is 5.26 Å². The number of carbonyl (C=O) groups is 2. The number of amides is 1. The van der Waals surface area contributed by atoms with Crippen molar-refractivity contribution in [3.63, 3.8) is 0 Å². The number of carbonyl (C=O) groups excluding carboxylic acids is 2. The van der Waals surface area contributed by atoms with Crippen LogP contribution in [0.15, 0.2) is 24.3 Å². The summed E-state index contributed by atoms with van der Waals surface area (Å²) in [5, 5.41) is 14.9. The number of nitrogens with zero attached hydrogens (tertiary/aromatic N) is 5. The summed E-state index contributed by atoms with van der Waals surface area (Å²) < 4.78 is 12.2. The summed E-state index contributed by atoms with van der Waals surface area (Å²) in [7, 11) is 3.04. The fourth-order valence-electron chi connectivity index (χ4n) is 3.96. The molecule has 2 aromatic rings. The molecule has 1 amide bonds. The van der Waals surface area contributed by atoms with E-state index in [9.17, 15) is 14.9 Å². The van der Waals surface area contributed by atoms with Crippen molar-refractivity contribution in [2.24, 2.45) is 0 Å². The third-order valence-corrected chi connectivity index (χ3v) is 5.69. The van der Waals surface area contributed by atoms with E-state index < -0.39 is 23.7 Å². The lowest BCUT2D eigenvalue weighted by Gasteiger charge is -2.34. The number of anilines is 1. The number of rotatable bonds is 5. The highest BCUT2D eigenvalue weighted by molar-refractivity contribution is 5.76. The van der Waals surface area contributed by atoms with E-state index in [2.05, 4.69) is 32.0 Å². The van der Waals surface area contributed by atoms with Gasteiger partial charge in [-0.2, -0.15) is 5.26 Å². The summed E-state index contributed by atoms with van der Waals surface area (Å²) in [6.45, 7) is 9.90. The van der Waals surface area contributed by atoms with Crippen LogP contribution in [-0.4, -0.2) is 59.6 Å². The zero-order chi connectivity index (χ0) is 25.2. The molecule has 9 heteroatoms. The maximum atomic E-state index is 12.9. The zero-order valence-corrected chi connectivity index (χ0v) is 21.0. The number of fused-ring (bicyclic) bond motifs is 1. The molecule has 1 aromatic carbocycles. The van der Waals surface area contributed by atoms with Crippen LogP contribution in [0.25, 0.3) is 5.69 Å². The van der Waals surface area contributed by atoms with Crippen LogP contribution in [0.4, 0.5) is 10.6 Å². The van der Waals surface area contributed by atoms with Crippen molar-refractivity contribution in [3.05, 3.63) is 41.1 Å². The molecule has 0 bridgehead atoms. The predicted octanol–water partition coefficient (Wildman–Crippen LogP) is 3.96. The Kier molecular flexibility index (Phi) is 7.20. The lowest BCUT2D eigenvalue weighted by molar-refractivity contribution is -0.138. The third kappa shape index (κ3) is 5.16. The van der Waals surface area contributed by atoms with E-state index in [1.807, 2.05) is 12.1 Å². The second-order valence-corrected chi connectivity index (χ2v) is 9.73. The van der Waals surface area contributed by atoms with Gasteiger partial charge in [0.05, 0.1) is 30.1 Å². The fourth-order valence-corrected chi connectivity index (χ4v) is 3.96. The molecule has 0 fully saturated rings. The highest BCUT2D eigenvalue weighted by Gasteiger charge is 2.39. The lowest BCUT2D eigenvalue weighted by Crippen LogP contribution is -2.43. The van der Waals surface area contributed by atoms with Gasteiger partial charge in [-0.3, -0.25) is 9.69 Å². The number of esters is 1. The lowest BCUT2D eigenvalue weighted by atomic mass is 9.98. The number of benzene rings is 1. The van der Waals surface area contributed by atoms with Crippen LogP contribution in [0.3, 0.4) is 0 Å². The average molecular weight is 468 g/mol. The third-order valence-electron chi connectivity index (χ3n) is 5.69. The maximum Gasteiger partial charge on any atom is 0.411 e. The topological polar surface area (TPSA) is 101 Å². The normalized spacial score (nSPS) is 15.5. The van der Waals surface area contributed by atoms with Crippen molar-refractivity contribution in [2.75, 3.05) is 32.1 Å². The quantitative estimate of drug-likeness (QED) is 0.614. The van der Waals surface area contributed by atoms with E-state index in [-0.39, 0.29) is 6.54 Å². The van der Waals surface area contributed by atoms with Crippen LogP contribution in [0, 0.1) is 11.3 Å². The summed E-state index contributed by atoms with van der Waals surface area (Å²) in [5.41, 5.74) is 2.79. The van der Waals surface area contributed by atoms with Crippen LogP contribution < -0.4 is 4.90 Å². The summed E-state index contributed by atoms with van der Waals surface area (Å²) in [5.74, 6) is 0.418. The van der Waals surface area contributed by atoms with Crippen LogP contribution in [0.5, 0.6) is 0 Å². The Labute approximate surface area is 200 Å². The van der Waals surface area contributed by atoms with Crippen LogP contribution >= 0.6 is 0 Å². The molecule has 3 rings (SSSR count). The molecule has 0 aliphatic carbocycles. The van der Waals surface area contributed by atoms with Gasteiger partial charge in [-0.1, -0.05) is 26.0 Å². The van der Waals surface area contributed by atoms with Gasteiger partial charge in [0, 0.05) is 20.0 Å². The van der Waals surface area contributed by atoms with Gasteiger partial charge in [0.1, 0.15) is 12.1 Å². The molecule has 2 heterocycles. The number of hydrogen-bond donors (Lipinski definition) is 0. The standard InChI is InChI=1S/C25H33N5O4/c1-16(2)17-8-10-18(11-9-17)30-19-12-13-29(24(32)34-25(3,4)5)20(14-26)22(19)23(27-30)28(6)15-21(31)33-7/h8-11,16,20H,12-13,15H2,1-7H3. The summed E-state index contributed by atoms with van der Waals surface area (Å²) in [6, 6.07) is 9.46. The van der Waals surface area contributed by atoms with Gasteiger partial charge < -0.3 is 14.4 Å². The highest BCUT2D eigenvalue weighted by atomic mass is 16.6. The molecule has 34 heavy (non-hydrogen) atoms. The molecular formula is C25H33N5O4. The first-order valence-corrected chi connectivity index (χ1v) is 11.4. The summed E-state index contributed by atoms with van der Waals surface area (Å²) in [4.78, 5) is 28.0. The van der Waals surface area contributed by atoms with Gasteiger partial charge in [0.25, 0.3) is 0 Å². The SMILES string of the molecule is COC(=O)CN(C)c1nn(-c2ccc(C(C)C)cc2)c2c1C(C#N)N(C(=O)OC(C)(C)C)CC2. The largest absolute Gasteiger partial charge is 0.468 e. The molecule has 0 spiro atoms. The Hall–Kier alpha value is -3.54. The molecule has 0 radical (unpaired) electrons. The fraction of sp³-hybridized carbons (Fsp3) is 0.520. The van der Waals surface area contributed by atoms with E-state index in [0.29, 0.717) is 30.3 Å². The molecule has 1 aliphatic rings. The molecule has 0 saturated heterocycles. The second-order valence-electron chi connectivity index (χ2n) is 9.73. The summed E-state index contributed by atoms with van der Waals surface area (Å²) in [6.07, 6.45) is -0.0714. The highest BCUT2D eigenvalue weighted by Crippen LogP contribution is 2.38. The Balaban J connectivity index is 2.11. The van der Waals surface area contributed by atoms with E-state index in [1.54, 1.807) is 37.4 Å². The van der Waals surface area contributed by atoms with Crippen molar-refractivity contribution < 1.29 is 19.1 Å². The van der Waals surface area contributed by atoms with Crippen LogP contribution in [0.1, 0.15) is 63.4 Å². The number of likely N-dealkylation sites (N-methyl/N-ethyl adjacent to an activating group) is 1. The Morgan fingerprint density at radius 1 is 1.26 bits per heavy atom. The van der Waals surface area contributed by atoms with Crippen LogP contribution in [-0.2, 0) is 20.7 Å². The molecule has 1 unspecified atom stereocenters. The first-order valence-electron chi connectivity index (χ1n) is 11.4. The van der Waals surface area contributed by atoms with Gasteiger partial charge in [-0.25, -0.2) is 9.48 Å². The Bertz CT molecular complexity index is 1090. The minimum absolute atomic E-state index is 0.0448. The summed E-state index contributed by atoms with van der Waals surface area (Å²) >= 11 is 0. The Morgan fingerprint density at radius 3 is 2.44 bits per heavy atom. The molecule has 1 aliphatic heterocycles. The van der Waals surface area contributed by atoms with Gasteiger partial charge in [-0.05, 0) is 44.4 Å². The maximum absolute atomic E-state index is 12.9. The molecule has 182 valence electrons. The predicted molar refractivity (Wildman–Crippen MR) is 128 cm³/mol. The molecule has 0 N–H and O–H groups in total. The van der Waals surface area contributed by atoms with Gasteiger partial charge in [0.15, 0.2) is 11.9 Å². The van der Waals surface area contributed by atoms with Crippen molar-refractivity contribution in [1.82, 2.24) is 14.7 Å². The number of methoxy groups -OCH3 is 1. The van der Waals surface area contributed by atoms with Crippen molar-refractivity contribution >= 4 is 17.9 Å². The second kappa shape index (κ2) is 9.75. The number of hydrogen-bond acceptors (Lipinski definition) is 7. The monoisotopic (exact) mass is 467 g/mol.